The molecule has 7 nitrogen and oxygen atoms in total. The maximum Gasteiger partial charge on any atom is 0.148 e. The number of imidazole rings is 1. The Morgan fingerprint density at radius 2 is 1.93 bits per heavy atom. The number of aromatic hydroxyl groups is 1. The number of aromatic nitrogens is 2. The Hall–Kier alpha value is -3.48. The van der Waals surface area contributed by atoms with Crippen molar-refractivity contribution in [2.45, 2.75) is 6.92 Å². The molecule has 3 N–H and O–H groups in total. The molecule has 1 aliphatic rings. The van der Waals surface area contributed by atoms with Gasteiger partial charge in [0.1, 0.15) is 28.9 Å². The van der Waals surface area contributed by atoms with Crippen molar-refractivity contribution in [3.8, 4) is 11.5 Å². The largest absolute Gasteiger partial charge is 0.509 e. The highest BCUT2D eigenvalue weighted by Crippen LogP contribution is 2.34. The highest BCUT2D eigenvalue weighted by molar-refractivity contribution is 6.30. The summed E-state index contributed by atoms with van der Waals surface area (Å²) in [6.07, 6.45) is 0. The Morgan fingerprint density at radius 1 is 1.15 bits per heavy atom. The van der Waals surface area contributed by atoms with Gasteiger partial charge in [-0.15, -0.1) is 0 Å². The first-order chi connectivity index (χ1) is 12.9. The molecule has 27 heavy (non-hydrogen) atoms. The summed E-state index contributed by atoms with van der Waals surface area (Å²) in [6, 6.07) is 10.8. The van der Waals surface area contributed by atoms with Gasteiger partial charge >= 0.3 is 0 Å². The van der Waals surface area contributed by atoms with E-state index >= 15 is 0 Å². The summed E-state index contributed by atoms with van der Waals surface area (Å²) >= 11 is 0. The zero-order valence-corrected chi connectivity index (χ0v) is 15.3. The predicted molar refractivity (Wildman–Crippen MR) is 105 cm³/mol. The minimum Gasteiger partial charge on any atom is -0.509 e. The van der Waals surface area contributed by atoms with Gasteiger partial charge in [-0.1, -0.05) is 6.07 Å². The van der Waals surface area contributed by atoms with Gasteiger partial charge < -0.3 is 24.4 Å². The fraction of sp³-hybridized carbons (Fsp3) is 0.200. The molecule has 138 valence electrons. The summed E-state index contributed by atoms with van der Waals surface area (Å²) in [5.74, 6) is 1.58. The maximum absolute atomic E-state index is 10.6. The smallest absolute Gasteiger partial charge is 0.148 e. The Balaban J connectivity index is 1.77. The van der Waals surface area contributed by atoms with Crippen LogP contribution in [0.4, 0.5) is 5.69 Å². The summed E-state index contributed by atoms with van der Waals surface area (Å²) in [4.78, 5) is 6.25. The number of nitrogens with one attached hydrogen (secondary N) is 1. The number of phenols is 1. The van der Waals surface area contributed by atoms with E-state index in [-0.39, 0.29) is 23.9 Å². The highest BCUT2D eigenvalue weighted by Gasteiger charge is 2.32. The minimum absolute atomic E-state index is 0.0745. The van der Waals surface area contributed by atoms with E-state index in [4.69, 9.17) is 10.1 Å². The topological polar surface area (TPSA) is 94.6 Å². The summed E-state index contributed by atoms with van der Waals surface area (Å²) < 4.78 is 7.10. The Kier molecular flexibility index (Phi) is 3.80. The fourth-order valence-corrected chi connectivity index (χ4v) is 3.33. The molecular weight excluding hydrogens is 344 g/mol. The van der Waals surface area contributed by atoms with Crippen molar-refractivity contribution in [1.29, 1.82) is 5.41 Å². The lowest BCUT2D eigenvalue weighted by Crippen LogP contribution is -2.26. The average Bonchev–Trinajstić information content (AvgIpc) is 3.13. The molecule has 1 aliphatic heterocycles. The standard InChI is InChI=1S/C20H20N4O3/c1-11-4-5-12(8-16(11)25)24-10-17(26)18(19(24)21)20-22-14-9-13(27-3)6-7-15(14)23(20)2/h4-9,21,25-26H,10H2,1-3H3. The van der Waals surface area contributed by atoms with Crippen LogP contribution in [-0.4, -0.2) is 39.3 Å². The van der Waals surface area contributed by atoms with Crippen LogP contribution in [0, 0.1) is 12.3 Å². The maximum atomic E-state index is 10.6. The van der Waals surface area contributed by atoms with Gasteiger partial charge in [-0.2, -0.15) is 0 Å². The predicted octanol–water partition coefficient (Wildman–Crippen LogP) is 3.36. The number of aliphatic hydroxyl groups is 1. The summed E-state index contributed by atoms with van der Waals surface area (Å²) in [5, 5.41) is 29.1. The fourth-order valence-electron chi connectivity index (χ4n) is 3.33. The number of aliphatic hydroxyl groups excluding tert-OH is 1. The van der Waals surface area contributed by atoms with Crippen LogP contribution in [0.1, 0.15) is 11.4 Å². The van der Waals surface area contributed by atoms with Crippen LogP contribution in [0.3, 0.4) is 0 Å². The zero-order chi connectivity index (χ0) is 19.3. The van der Waals surface area contributed by atoms with Crippen molar-refractivity contribution in [2.75, 3.05) is 18.6 Å². The summed E-state index contributed by atoms with van der Waals surface area (Å²) in [6.45, 7) is 1.96. The SMILES string of the molecule is COc1ccc2c(c1)nc(C1=C(O)CN(c3ccc(C)c(O)c3)C1=N)n2C. The number of phenolic OH excluding ortho intramolecular Hbond substituents is 1. The van der Waals surface area contributed by atoms with Gasteiger partial charge in [0.15, 0.2) is 0 Å². The molecule has 4 rings (SSSR count). The van der Waals surface area contributed by atoms with Crippen LogP contribution in [0.15, 0.2) is 42.2 Å². The number of methoxy groups -OCH3 is 1. The molecule has 0 atom stereocenters. The van der Waals surface area contributed by atoms with Gasteiger partial charge in [0.25, 0.3) is 0 Å². The molecule has 0 spiro atoms. The van der Waals surface area contributed by atoms with E-state index in [1.807, 2.05) is 42.8 Å². The molecule has 0 bridgehead atoms. The molecule has 0 fully saturated rings. The number of benzene rings is 2. The summed E-state index contributed by atoms with van der Waals surface area (Å²) in [7, 11) is 3.45. The number of anilines is 1. The van der Waals surface area contributed by atoms with Crippen LogP contribution in [-0.2, 0) is 7.05 Å². The summed E-state index contributed by atoms with van der Waals surface area (Å²) in [5.41, 5.74) is 3.39. The number of aryl methyl sites for hydroxylation is 2. The molecule has 7 heteroatoms. The number of hydrogen-bond acceptors (Lipinski definition) is 5. The van der Waals surface area contributed by atoms with E-state index < -0.39 is 0 Å². The second-order valence-corrected chi connectivity index (χ2v) is 6.58. The van der Waals surface area contributed by atoms with Gasteiger partial charge in [0.2, 0.25) is 0 Å². The Bertz CT molecular complexity index is 1110. The van der Waals surface area contributed by atoms with Crippen LogP contribution < -0.4 is 9.64 Å². The zero-order valence-electron chi connectivity index (χ0n) is 15.3. The quantitative estimate of drug-likeness (QED) is 0.662. The monoisotopic (exact) mass is 364 g/mol. The average molecular weight is 364 g/mol. The van der Waals surface area contributed by atoms with E-state index in [2.05, 4.69) is 4.98 Å². The molecule has 2 heterocycles. The molecule has 0 saturated heterocycles. The van der Waals surface area contributed by atoms with E-state index in [1.54, 1.807) is 24.1 Å². The second kappa shape index (κ2) is 6.05. The molecule has 0 unspecified atom stereocenters. The van der Waals surface area contributed by atoms with Gasteiger partial charge in [0.05, 0.1) is 30.3 Å². The molecule has 0 saturated carbocycles. The number of nitrogens with zero attached hydrogens (tertiary/aromatic N) is 3. The van der Waals surface area contributed by atoms with Crippen molar-refractivity contribution in [2.24, 2.45) is 7.05 Å². The molecule has 3 aromatic rings. The minimum atomic E-state index is 0.0745. The number of fused-ring (bicyclic) bond motifs is 1. The van der Waals surface area contributed by atoms with E-state index in [0.29, 0.717) is 22.8 Å². The third kappa shape index (κ3) is 2.59. The number of hydrogen-bond donors (Lipinski definition) is 3. The Labute approximate surface area is 156 Å². The van der Waals surface area contributed by atoms with Crippen LogP contribution >= 0.6 is 0 Å². The van der Waals surface area contributed by atoms with Crippen molar-refractivity contribution in [1.82, 2.24) is 9.55 Å². The Morgan fingerprint density at radius 3 is 2.63 bits per heavy atom. The van der Waals surface area contributed by atoms with E-state index in [1.165, 1.54) is 0 Å². The van der Waals surface area contributed by atoms with Gasteiger partial charge in [0, 0.05) is 24.9 Å². The van der Waals surface area contributed by atoms with Gasteiger partial charge in [-0.25, -0.2) is 4.98 Å². The van der Waals surface area contributed by atoms with E-state index in [9.17, 15) is 10.2 Å². The first kappa shape index (κ1) is 17.0. The number of amidine groups is 1. The third-order valence-corrected chi connectivity index (χ3v) is 4.92. The lowest BCUT2D eigenvalue weighted by atomic mass is 10.2. The van der Waals surface area contributed by atoms with Crippen molar-refractivity contribution >= 4 is 28.1 Å². The first-order valence-corrected chi connectivity index (χ1v) is 8.49. The van der Waals surface area contributed by atoms with Crippen molar-refractivity contribution in [3.63, 3.8) is 0 Å². The number of ether oxygens (including phenoxy) is 1. The van der Waals surface area contributed by atoms with E-state index in [0.717, 1.165) is 16.6 Å². The van der Waals surface area contributed by atoms with Crippen LogP contribution in [0.2, 0.25) is 0 Å². The molecule has 2 aromatic carbocycles. The van der Waals surface area contributed by atoms with Gasteiger partial charge in [-0.05, 0) is 30.7 Å². The van der Waals surface area contributed by atoms with Gasteiger partial charge in [-0.3, -0.25) is 5.41 Å². The third-order valence-electron chi connectivity index (χ3n) is 4.92. The first-order valence-electron chi connectivity index (χ1n) is 8.49. The molecule has 0 amide bonds. The number of rotatable bonds is 3. The lowest BCUT2D eigenvalue weighted by Gasteiger charge is -2.19. The van der Waals surface area contributed by atoms with Crippen LogP contribution in [0.25, 0.3) is 16.6 Å². The molecular formula is C20H20N4O3. The molecule has 0 radical (unpaired) electrons. The molecule has 1 aromatic heterocycles. The normalized spacial score (nSPS) is 14.5. The highest BCUT2D eigenvalue weighted by atomic mass is 16.5. The van der Waals surface area contributed by atoms with Crippen molar-refractivity contribution in [3.05, 3.63) is 53.5 Å². The van der Waals surface area contributed by atoms with Crippen molar-refractivity contribution < 1.29 is 14.9 Å². The molecule has 0 aliphatic carbocycles. The second-order valence-electron chi connectivity index (χ2n) is 6.58. The lowest BCUT2D eigenvalue weighted by molar-refractivity contribution is 0.411. The van der Waals surface area contributed by atoms with Crippen LogP contribution in [0.5, 0.6) is 11.5 Å².